The van der Waals surface area contributed by atoms with Crippen LogP contribution in [0.2, 0.25) is 0 Å². The summed E-state index contributed by atoms with van der Waals surface area (Å²) in [6.07, 6.45) is 2.74. The topological polar surface area (TPSA) is 64.9 Å². The lowest BCUT2D eigenvalue weighted by Gasteiger charge is -2.34. The lowest BCUT2D eigenvalue weighted by Crippen LogP contribution is -2.44. The van der Waals surface area contributed by atoms with Gasteiger partial charge in [0, 0.05) is 5.56 Å². The van der Waals surface area contributed by atoms with Crippen molar-refractivity contribution in [1.82, 2.24) is 10.1 Å². The molecule has 3 rings (SSSR count). The van der Waals surface area contributed by atoms with Gasteiger partial charge in [0.15, 0.2) is 5.82 Å². The first-order valence-corrected chi connectivity index (χ1v) is 6.13. The van der Waals surface area contributed by atoms with Crippen LogP contribution in [-0.4, -0.2) is 10.1 Å². The number of aromatic nitrogens is 2. The Morgan fingerprint density at radius 2 is 2.11 bits per heavy atom. The minimum atomic E-state index is -0.512. The van der Waals surface area contributed by atoms with E-state index in [2.05, 4.69) is 10.1 Å². The van der Waals surface area contributed by atoms with Crippen LogP contribution >= 0.6 is 0 Å². The molecule has 1 aliphatic rings. The minimum Gasteiger partial charge on any atom is -0.339 e. The number of rotatable bonds is 3. The maximum Gasteiger partial charge on any atom is 0.231 e. The minimum absolute atomic E-state index is 0.0622. The van der Waals surface area contributed by atoms with E-state index in [1.807, 2.05) is 0 Å². The van der Waals surface area contributed by atoms with Crippen LogP contribution in [0.5, 0.6) is 0 Å². The van der Waals surface area contributed by atoms with E-state index in [0.29, 0.717) is 5.82 Å². The Labute approximate surface area is 108 Å². The predicted octanol–water partition coefficient (Wildman–Crippen LogP) is 2.28. The van der Waals surface area contributed by atoms with Crippen LogP contribution in [0.4, 0.5) is 8.78 Å². The molecule has 6 heteroatoms. The van der Waals surface area contributed by atoms with Crippen molar-refractivity contribution in [1.29, 1.82) is 0 Å². The summed E-state index contributed by atoms with van der Waals surface area (Å²) in [6.45, 7) is 0. The third kappa shape index (κ3) is 2.23. The van der Waals surface area contributed by atoms with Gasteiger partial charge in [-0.3, -0.25) is 0 Å². The number of hydrogen-bond acceptors (Lipinski definition) is 4. The van der Waals surface area contributed by atoms with Gasteiger partial charge in [0.2, 0.25) is 5.89 Å². The van der Waals surface area contributed by atoms with E-state index in [4.69, 9.17) is 10.3 Å². The van der Waals surface area contributed by atoms with E-state index in [-0.39, 0.29) is 17.9 Å². The lowest BCUT2D eigenvalue weighted by atomic mass is 9.77. The summed E-state index contributed by atoms with van der Waals surface area (Å²) in [5, 5.41) is 3.83. The van der Waals surface area contributed by atoms with E-state index in [0.717, 1.165) is 37.5 Å². The molecule has 1 fully saturated rings. The zero-order valence-electron chi connectivity index (χ0n) is 10.2. The zero-order valence-corrected chi connectivity index (χ0v) is 10.2. The first-order chi connectivity index (χ1) is 9.07. The molecule has 0 unspecified atom stereocenters. The van der Waals surface area contributed by atoms with Crippen LogP contribution in [0.15, 0.2) is 22.7 Å². The molecule has 4 nitrogen and oxygen atoms in total. The number of hydrogen-bond donors (Lipinski definition) is 1. The van der Waals surface area contributed by atoms with E-state index in [9.17, 15) is 8.78 Å². The van der Waals surface area contributed by atoms with Crippen molar-refractivity contribution in [2.75, 3.05) is 0 Å². The fraction of sp³-hybridized carbons (Fsp3) is 0.385. The number of benzene rings is 1. The van der Waals surface area contributed by atoms with Crippen LogP contribution in [0.1, 0.15) is 36.5 Å². The standard InChI is InChI=1S/C13H13F2N3O/c14-9-2-3-10(15)8(6-9)7-11-17-12(18-19-11)13(16)4-1-5-13/h2-3,6H,1,4-5,7,16H2. The fourth-order valence-corrected chi connectivity index (χ4v) is 2.15. The molecule has 0 amide bonds. The Kier molecular flexibility index (Phi) is 2.82. The monoisotopic (exact) mass is 265 g/mol. The molecule has 1 saturated carbocycles. The highest BCUT2D eigenvalue weighted by Gasteiger charge is 2.38. The van der Waals surface area contributed by atoms with Gasteiger partial charge < -0.3 is 10.3 Å². The van der Waals surface area contributed by atoms with Gasteiger partial charge >= 0.3 is 0 Å². The highest BCUT2D eigenvalue weighted by atomic mass is 19.1. The molecule has 19 heavy (non-hydrogen) atoms. The van der Waals surface area contributed by atoms with E-state index in [1.165, 1.54) is 0 Å². The normalized spacial score (nSPS) is 17.2. The van der Waals surface area contributed by atoms with E-state index < -0.39 is 17.2 Å². The SMILES string of the molecule is NC1(c2noc(Cc3cc(F)ccc3F)n2)CCC1. The van der Waals surface area contributed by atoms with Crippen molar-refractivity contribution < 1.29 is 13.3 Å². The molecule has 0 aliphatic heterocycles. The van der Waals surface area contributed by atoms with Crippen LogP contribution in [0.3, 0.4) is 0 Å². The number of nitrogens with zero attached hydrogens (tertiary/aromatic N) is 2. The molecule has 0 atom stereocenters. The Balaban J connectivity index is 1.82. The number of nitrogens with two attached hydrogens (primary N) is 1. The molecule has 1 aliphatic carbocycles. The Bertz CT molecular complexity index is 608. The average Bonchev–Trinajstić information content (AvgIpc) is 2.80. The largest absolute Gasteiger partial charge is 0.339 e. The van der Waals surface area contributed by atoms with Gasteiger partial charge in [-0.25, -0.2) is 8.78 Å². The highest BCUT2D eigenvalue weighted by molar-refractivity contribution is 5.22. The van der Waals surface area contributed by atoms with Gasteiger partial charge in [-0.1, -0.05) is 5.16 Å². The molecule has 2 aromatic rings. The van der Waals surface area contributed by atoms with Crippen LogP contribution in [-0.2, 0) is 12.0 Å². The molecule has 1 aromatic carbocycles. The van der Waals surface area contributed by atoms with Gasteiger partial charge in [-0.2, -0.15) is 4.98 Å². The summed E-state index contributed by atoms with van der Waals surface area (Å²) < 4.78 is 31.6. The molecule has 0 bridgehead atoms. The van der Waals surface area contributed by atoms with Gasteiger partial charge in [0.1, 0.15) is 11.6 Å². The Hall–Kier alpha value is -1.82. The second kappa shape index (κ2) is 4.38. The lowest BCUT2D eigenvalue weighted by molar-refractivity contribution is 0.229. The highest BCUT2D eigenvalue weighted by Crippen LogP contribution is 2.36. The second-order valence-corrected chi connectivity index (χ2v) is 4.93. The van der Waals surface area contributed by atoms with Crippen molar-refractivity contribution in [3.63, 3.8) is 0 Å². The smallest absolute Gasteiger partial charge is 0.231 e. The summed E-state index contributed by atoms with van der Waals surface area (Å²) >= 11 is 0. The molecular weight excluding hydrogens is 252 g/mol. The van der Waals surface area contributed by atoms with Crippen LogP contribution in [0.25, 0.3) is 0 Å². The Morgan fingerprint density at radius 1 is 1.32 bits per heavy atom. The van der Waals surface area contributed by atoms with Gasteiger partial charge in [0.25, 0.3) is 0 Å². The van der Waals surface area contributed by atoms with Crippen molar-refractivity contribution in [3.05, 3.63) is 47.1 Å². The van der Waals surface area contributed by atoms with Gasteiger partial charge in [-0.05, 0) is 37.5 Å². The number of halogens is 2. The maximum atomic E-state index is 13.5. The average molecular weight is 265 g/mol. The molecule has 1 heterocycles. The predicted molar refractivity (Wildman–Crippen MR) is 63.2 cm³/mol. The van der Waals surface area contributed by atoms with Crippen molar-refractivity contribution >= 4 is 0 Å². The third-order valence-corrected chi connectivity index (χ3v) is 3.51. The molecule has 0 radical (unpaired) electrons. The van der Waals surface area contributed by atoms with Crippen molar-refractivity contribution in [2.45, 2.75) is 31.2 Å². The fourth-order valence-electron chi connectivity index (χ4n) is 2.15. The Morgan fingerprint density at radius 3 is 2.79 bits per heavy atom. The summed E-state index contributed by atoms with van der Waals surface area (Å²) in [5.74, 6) is -0.292. The van der Waals surface area contributed by atoms with Gasteiger partial charge in [-0.15, -0.1) is 0 Å². The van der Waals surface area contributed by atoms with Crippen molar-refractivity contribution in [3.8, 4) is 0 Å². The summed E-state index contributed by atoms with van der Waals surface area (Å²) in [4.78, 5) is 4.18. The summed E-state index contributed by atoms with van der Waals surface area (Å²) in [6, 6.07) is 3.28. The van der Waals surface area contributed by atoms with E-state index in [1.54, 1.807) is 0 Å². The van der Waals surface area contributed by atoms with Gasteiger partial charge in [0.05, 0.1) is 12.0 Å². The molecule has 0 spiro atoms. The van der Waals surface area contributed by atoms with Crippen LogP contribution in [0, 0.1) is 11.6 Å². The molecule has 1 aromatic heterocycles. The zero-order chi connectivity index (χ0) is 13.5. The van der Waals surface area contributed by atoms with Crippen LogP contribution < -0.4 is 5.73 Å². The summed E-state index contributed by atoms with van der Waals surface area (Å²) in [5.41, 5.74) is 5.74. The third-order valence-electron chi connectivity index (χ3n) is 3.51. The van der Waals surface area contributed by atoms with Crippen molar-refractivity contribution in [2.24, 2.45) is 5.73 Å². The first kappa shape index (κ1) is 12.2. The molecule has 2 N–H and O–H groups in total. The summed E-state index contributed by atoms with van der Waals surface area (Å²) in [7, 11) is 0. The molecule has 0 saturated heterocycles. The quantitative estimate of drug-likeness (QED) is 0.924. The first-order valence-electron chi connectivity index (χ1n) is 6.13. The molecule has 100 valence electrons. The maximum absolute atomic E-state index is 13.5. The second-order valence-electron chi connectivity index (χ2n) is 4.93. The molecular formula is C13H13F2N3O. The van der Waals surface area contributed by atoms with E-state index >= 15 is 0 Å².